The molecule has 0 aliphatic carbocycles. The molecule has 3 unspecified atom stereocenters. The normalized spacial score (nSPS) is 15.2. The maximum Gasteiger partial charge on any atom is 0.472 e. The Labute approximate surface area is 305 Å². The van der Waals surface area contributed by atoms with Crippen molar-refractivity contribution in [3.8, 4) is 0 Å². The molecule has 0 aliphatic rings. The van der Waals surface area contributed by atoms with E-state index >= 15 is 0 Å². The lowest BCUT2D eigenvalue weighted by atomic mass is 10.1. The van der Waals surface area contributed by atoms with Gasteiger partial charge in [-0.1, -0.05) is 144 Å². The van der Waals surface area contributed by atoms with E-state index in [2.05, 4.69) is 92.1 Å². The highest BCUT2D eigenvalue weighted by Crippen LogP contribution is 2.43. The molecule has 0 aromatic heterocycles. The molecule has 0 spiro atoms. The maximum absolute atomic E-state index is 12.7. The van der Waals surface area contributed by atoms with E-state index < -0.39 is 20.0 Å². The largest absolute Gasteiger partial charge is 0.472 e. The number of carbonyl (C=O) groups excluding carboxylic acids is 1. The van der Waals surface area contributed by atoms with Crippen molar-refractivity contribution in [1.29, 1.82) is 0 Å². The Bertz CT molecular complexity index is 1050. The fraction of sp³-hybridized carbons (Fsp3) is 0.634. The number of allylic oxidation sites excluding steroid dienone is 13. The van der Waals surface area contributed by atoms with E-state index in [1.165, 1.54) is 51.4 Å². The van der Waals surface area contributed by atoms with Crippen molar-refractivity contribution in [3.05, 3.63) is 85.1 Å². The third kappa shape index (κ3) is 34.1. The molecule has 3 atom stereocenters. The van der Waals surface area contributed by atoms with Crippen LogP contribution in [-0.4, -0.2) is 47.8 Å². The van der Waals surface area contributed by atoms with Crippen LogP contribution < -0.4 is 11.1 Å². The first-order valence-corrected chi connectivity index (χ1v) is 20.7. The van der Waals surface area contributed by atoms with Gasteiger partial charge in [0.15, 0.2) is 0 Å². The number of unbranched alkanes of at least 4 members (excludes halogenated alkanes) is 10. The average Bonchev–Trinajstić information content (AvgIpc) is 3.10. The molecule has 8 nitrogen and oxygen atoms in total. The summed E-state index contributed by atoms with van der Waals surface area (Å²) in [5.74, 6) is -0.266. The molecule has 0 bridgehead atoms. The van der Waals surface area contributed by atoms with Gasteiger partial charge in [0.1, 0.15) is 0 Å². The summed E-state index contributed by atoms with van der Waals surface area (Å²) in [4.78, 5) is 22.6. The fourth-order valence-corrected chi connectivity index (χ4v) is 5.59. The Balaban J connectivity index is 4.50. The van der Waals surface area contributed by atoms with E-state index in [0.29, 0.717) is 6.42 Å². The Morgan fingerprint density at radius 3 is 1.78 bits per heavy atom. The number of amides is 1. The summed E-state index contributed by atoms with van der Waals surface area (Å²) in [6.45, 7) is 3.91. The summed E-state index contributed by atoms with van der Waals surface area (Å²) in [6, 6.07) is -0.910. The van der Waals surface area contributed by atoms with E-state index in [9.17, 15) is 19.4 Å². The number of carbonyl (C=O) groups is 1. The molecule has 1 amide bonds. The maximum atomic E-state index is 12.7. The predicted octanol–water partition coefficient (Wildman–Crippen LogP) is 10.3. The molecule has 0 aromatic rings. The minimum Gasteiger partial charge on any atom is -0.387 e. The van der Waals surface area contributed by atoms with E-state index in [0.717, 1.165) is 57.8 Å². The van der Waals surface area contributed by atoms with Gasteiger partial charge in [0.05, 0.1) is 25.4 Å². The summed E-state index contributed by atoms with van der Waals surface area (Å²) in [5.41, 5.74) is 5.35. The standard InChI is InChI=1S/C41H71N2O6P/c1-3-5-7-9-11-13-15-17-19-20-21-23-25-27-29-31-33-35-41(45)43-39(38-49-50(46,47)48-37-36-42)40(44)34-32-30-28-26-24-22-18-16-14-12-10-8-6-4-2/h5,7,11,13,17,19,21,23-24,26-27,29,32,34,39-40,44H,3-4,6,8-10,12,14-16,18,20,22,25,28,30-31,33,35-38,42H2,1-2H3,(H,43,45)(H,46,47)/b7-5-,13-11-,19-17-,23-21-,26-24+,29-27-,34-32+. The highest BCUT2D eigenvalue weighted by Gasteiger charge is 2.26. The van der Waals surface area contributed by atoms with Gasteiger partial charge in [0, 0.05) is 13.0 Å². The molecule has 0 aromatic carbocycles. The predicted molar refractivity (Wildman–Crippen MR) is 212 cm³/mol. The number of rotatable bonds is 34. The number of hydrogen-bond acceptors (Lipinski definition) is 6. The van der Waals surface area contributed by atoms with Crippen molar-refractivity contribution < 1.29 is 28.4 Å². The molecule has 0 fully saturated rings. The molecule has 286 valence electrons. The van der Waals surface area contributed by atoms with Crippen LogP contribution in [0, 0.1) is 0 Å². The van der Waals surface area contributed by atoms with E-state index in [1.54, 1.807) is 6.08 Å². The van der Waals surface area contributed by atoms with Crippen molar-refractivity contribution in [2.24, 2.45) is 5.73 Å². The SMILES string of the molecule is CC/C=C\C/C=C\C/C=C\C/C=C\C/C=C\CCCC(=O)NC(COP(=O)(O)OCCN)C(O)/C=C/CC/C=C/CCCCCCCCCC. The van der Waals surface area contributed by atoms with Gasteiger partial charge in [-0.25, -0.2) is 4.57 Å². The van der Waals surface area contributed by atoms with Gasteiger partial charge in [-0.05, 0) is 70.6 Å². The lowest BCUT2D eigenvalue weighted by Crippen LogP contribution is -2.45. The number of aliphatic hydroxyl groups is 1. The van der Waals surface area contributed by atoms with Crippen LogP contribution in [0.5, 0.6) is 0 Å². The van der Waals surface area contributed by atoms with E-state index in [-0.39, 0.29) is 32.1 Å². The minimum absolute atomic E-state index is 0.0604. The van der Waals surface area contributed by atoms with Crippen LogP contribution in [0.1, 0.15) is 136 Å². The molecule has 0 heterocycles. The van der Waals surface area contributed by atoms with Crippen LogP contribution in [0.3, 0.4) is 0 Å². The Morgan fingerprint density at radius 1 is 0.680 bits per heavy atom. The minimum atomic E-state index is -4.36. The van der Waals surface area contributed by atoms with Crippen molar-refractivity contribution >= 4 is 13.7 Å². The second-order valence-electron chi connectivity index (χ2n) is 12.4. The number of aliphatic hydroxyl groups excluding tert-OH is 1. The molecule has 5 N–H and O–H groups in total. The van der Waals surface area contributed by atoms with Gasteiger partial charge >= 0.3 is 7.82 Å². The van der Waals surface area contributed by atoms with Gasteiger partial charge in [-0.3, -0.25) is 13.8 Å². The molecule has 0 aliphatic heterocycles. The summed E-state index contributed by atoms with van der Waals surface area (Å²) in [6.07, 6.45) is 47.8. The Hall–Kier alpha value is -2.32. The highest BCUT2D eigenvalue weighted by molar-refractivity contribution is 7.47. The first-order valence-electron chi connectivity index (χ1n) is 19.2. The van der Waals surface area contributed by atoms with Crippen LogP contribution in [0.15, 0.2) is 85.1 Å². The zero-order chi connectivity index (χ0) is 36.8. The monoisotopic (exact) mass is 719 g/mol. The molecule has 0 saturated carbocycles. The van der Waals surface area contributed by atoms with Gasteiger partial charge < -0.3 is 21.1 Å². The lowest BCUT2D eigenvalue weighted by molar-refractivity contribution is -0.122. The molecule has 0 rings (SSSR count). The topological polar surface area (TPSA) is 131 Å². The number of phosphoric acid groups is 1. The summed E-state index contributed by atoms with van der Waals surface area (Å²) < 4.78 is 22.0. The molecule has 9 heteroatoms. The van der Waals surface area contributed by atoms with Gasteiger partial charge in [-0.15, -0.1) is 0 Å². The first-order chi connectivity index (χ1) is 24.4. The third-order valence-corrected chi connectivity index (χ3v) is 8.69. The van der Waals surface area contributed by atoms with Gasteiger partial charge in [0.25, 0.3) is 0 Å². The Morgan fingerprint density at radius 2 is 1.18 bits per heavy atom. The van der Waals surface area contributed by atoms with Crippen LogP contribution in [0.4, 0.5) is 0 Å². The van der Waals surface area contributed by atoms with Crippen molar-refractivity contribution in [2.45, 2.75) is 148 Å². The number of hydrogen-bond donors (Lipinski definition) is 4. The van der Waals surface area contributed by atoms with Crippen molar-refractivity contribution in [2.75, 3.05) is 19.8 Å². The Kier molecular flexibility index (Phi) is 34.8. The van der Waals surface area contributed by atoms with E-state index in [4.69, 9.17) is 14.8 Å². The van der Waals surface area contributed by atoms with E-state index in [1.807, 2.05) is 6.08 Å². The van der Waals surface area contributed by atoms with Crippen molar-refractivity contribution in [1.82, 2.24) is 5.32 Å². The zero-order valence-corrected chi connectivity index (χ0v) is 32.2. The van der Waals surface area contributed by atoms with Crippen LogP contribution in [0.25, 0.3) is 0 Å². The van der Waals surface area contributed by atoms with Crippen LogP contribution >= 0.6 is 7.82 Å². The summed E-state index contributed by atoms with van der Waals surface area (Å²) in [5, 5.41) is 13.5. The lowest BCUT2D eigenvalue weighted by Gasteiger charge is -2.23. The number of nitrogens with two attached hydrogens (primary N) is 1. The smallest absolute Gasteiger partial charge is 0.387 e. The summed E-state index contributed by atoms with van der Waals surface area (Å²) in [7, 11) is -4.36. The quantitative estimate of drug-likeness (QED) is 0.0296. The summed E-state index contributed by atoms with van der Waals surface area (Å²) >= 11 is 0. The average molecular weight is 719 g/mol. The molecule has 50 heavy (non-hydrogen) atoms. The van der Waals surface area contributed by atoms with Gasteiger partial charge in [0.2, 0.25) is 5.91 Å². The van der Waals surface area contributed by atoms with Crippen LogP contribution in [-0.2, 0) is 18.4 Å². The fourth-order valence-electron chi connectivity index (χ4n) is 4.83. The molecule has 0 radical (unpaired) electrons. The highest BCUT2D eigenvalue weighted by atomic mass is 31.2. The van der Waals surface area contributed by atoms with Crippen LogP contribution in [0.2, 0.25) is 0 Å². The number of phosphoric ester groups is 1. The zero-order valence-electron chi connectivity index (χ0n) is 31.3. The second kappa shape index (κ2) is 36.5. The number of nitrogens with one attached hydrogen (secondary N) is 1. The molecular formula is C41H71N2O6P. The second-order valence-corrected chi connectivity index (χ2v) is 13.8. The third-order valence-electron chi connectivity index (χ3n) is 7.70. The van der Waals surface area contributed by atoms with Gasteiger partial charge in [-0.2, -0.15) is 0 Å². The molecule has 0 saturated heterocycles. The van der Waals surface area contributed by atoms with Crippen molar-refractivity contribution in [3.63, 3.8) is 0 Å². The first kappa shape index (κ1) is 47.7. The molecular weight excluding hydrogens is 647 g/mol.